The van der Waals surface area contributed by atoms with Crippen molar-refractivity contribution < 1.29 is 14.3 Å². The molecular formula is C21H25N3O3. The third kappa shape index (κ3) is 4.78. The second kappa shape index (κ2) is 7.31. The fraction of sp³-hybridized carbons (Fsp3) is 0.333. The molecule has 1 heterocycles. The van der Waals surface area contributed by atoms with Crippen LogP contribution in [0, 0.1) is 0 Å². The molecule has 0 saturated carbocycles. The van der Waals surface area contributed by atoms with Crippen LogP contribution in [-0.4, -0.2) is 23.6 Å². The largest absolute Gasteiger partial charge is 0.444 e. The van der Waals surface area contributed by atoms with E-state index >= 15 is 0 Å². The molecule has 0 radical (unpaired) electrons. The van der Waals surface area contributed by atoms with Gasteiger partial charge in [-0.15, -0.1) is 0 Å². The second-order valence-corrected chi connectivity index (χ2v) is 7.73. The zero-order valence-corrected chi connectivity index (χ0v) is 16.1. The Labute approximate surface area is 159 Å². The fourth-order valence-corrected chi connectivity index (χ4v) is 2.98. The lowest BCUT2D eigenvalue weighted by Crippen LogP contribution is -2.27. The van der Waals surface area contributed by atoms with E-state index < -0.39 is 11.7 Å². The van der Waals surface area contributed by atoms with E-state index in [9.17, 15) is 9.59 Å². The molecule has 27 heavy (non-hydrogen) atoms. The van der Waals surface area contributed by atoms with Gasteiger partial charge in [0.25, 0.3) is 0 Å². The van der Waals surface area contributed by atoms with E-state index in [1.165, 1.54) is 0 Å². The third-order valence-electron chi connectivity index (χ3n) is 4.06. The number of carbonyl (C=O) groups is 2. The third-order valence-corrected chi connectivity index (χ3v) is 4.06. The Bertz CT molecular complexity index is 854. The van der Waals surface area contributed by atoms with Crippen molar-refractivity contribution in [3.63, 3.8) is 0 Å². The van der Waals surface area contributed by atoms with Crippen LogP contribution in [0.2, 0.25) is 0 Å². The number of nitrogens with one attached hydrogen (secondary N) is 3. The molecule has 1 atom stereocenters. The van der Waals surface area contributed by atoms with E-state index in [-0.39, 0.29) is 11.9 Å². The maximum Gasteiger partial charge on any atom is 0.412 e. The number of benzene rings is 2. The highest BCUT2D eigenvalue weighted by atomic mass is 16.6. The van der Waals surface area contributed by atoms with E-state index in [2.05, 4.69) is 16.0 Å². The molecular weight excluding hydrogens is 342 g/mol. The van der Waals surface area contributed by atoms with Gasteiger partial charge in [0.1, 0.15) is 5.60 Å². The molecule has 0 aromatic heterocycles. The highest BCUT2D eigenvalue weighted by Gasteiger charge is 2.20. The quantitative estimate of drug-likeness (QED) is 0.709. The van der Waals surface area contributed by atoms with Gasteiger partial charge in [-0.1, -0.05) is 24.3 Å². The summed E-state index contributed by atoms with van der Waals surface area (Å²) in [4.78, 5) is 23.8. The topological polar surface area (TPSA) is 79.5 Å². The summed E-state index contributed by atoms with van der Waals surface area (Å²) in [5.74, 6) is 0.00260. The van der Waals surface area contributed by atoms with Crippen LogP contribution in [0.25, 0.3) is 11.1 Å². The van der Waals surface area contributed by atoms with Crippen LogP contribution < -0.4 is 16.0 Å². The van der Waals surface area contributed by atoms with Crippen LogP contribution in [0.3, 0.4) is 0 Å². The maximum absolute atomic E-state index is 11.9. The van der Waals surface area contributed by atoms with Gasteiger partial charge < -0.3 is 15.4 Å². The van der Waals surface area contributed by atoms with Gasteiger partial charge in [-0.3, -0.25) is 10.1 Å². The maximum atomic E-state index is 11.9. The van der Waals surface area contributed by atoms with Gasteiger partial charge in [-0.2, -0.15) is 0 Å². The predicted octanol–water partition coefficient (Wildman–Crippen LogP) is 4.84. The first kappa shape index (κ1) is 18.8. The second-order valence-electron chi connectivity index (χ2n) is 7.73. The first-order valence-corrected chi connectivity index (χ1v) is 9.01. The van der Waals surface area contributed by atoms with E-state index in [1.54, 1.807) is 0 Å². The van der Waals surface area contributed by atoms with E-state index in [4.69, 9.17) is 4.74 Å². The lowest BCUT2D eigenvalue weighted by Gasteiger charge is -2.20. The molecule has 0 bridgehead atoms. The number of rotatable bonds is 2. The van der Waals surface area contributed by atoms with Crippen LogP contribution in [-0.2, 0) is 9.53 Å². The van der Waals surface area contributed by atoms with Gasteiger partial charge in [0.15, 0.2) is 0 Å². The number of hydrogen-bond acceptors (Lipinski definition) is 4. The molecule has 2 aromatic carbocycles. The molecule has 2 aromatic rings. The van der Waals surface area contributed by atoms with Crippen LogP contribution in [0.5, 0.6) is 0 Å². The summed E-state index contributed by atoms with van der Waals surface area (Å²) in [7, 11) is 0. The zero-order chi connectivity index (χ0) is 19.6. The molecule has 1 aliphatic heterocycles. The molecule has 0 saturated heterocycles. The Morgan fingerprint density at radius 3 is 2.52 bits per heavy atom. The van der Waals surface area contributed by atoms with Gasteiger partial charge in [0.05, 0.1) is 11.4 Å². The minimum absolute atomic E-state index is 0.00260. The molecule has 0 aliphatic carbocycles. The highest BCUT2D eigenvalue weighted by molar-refractivity contribution is 6.00. The van der Waals surface area contributed by atoms with Crippen molar-refractivity contribution in [3.05, 3.63) is 42.5 Å². The number of amides is 2. The fourth-order valence-electron chi connectivity index (χ4n) is 2.98. The van der Waals surface area contributed by atoms with Gasteiger partial charge >= 0.3 is 6.09 Å². The molecule has 3 rings (SSSR count). The smallest absolute Gasteiger partial charge is 0.412 e. The summed E-state index contributed by atoms with van der Waals surface area (Å²) in [6.45, 7) is 7.45. The lowest BCUT2D eigenvalue weighted by atomic mass is 10.0. The minimum atomic E-state index is -0.543. The Morgan fingerprint density at radius 1 is 1.15 bits per heavy atom. The molecule has 142 valence electrons. The highest BCUT2D eigenvalue weighted by Crippen LogP contribution is 2.37. The normalized spacial score (nSPS) is 16.4. The number of hydrogen-bond donors (Lipinski definition) is 3. The number of carbonyl (C=O) groups excluding carboxylic acids is 2. The monoisotopic (exact) mass is 367 g/mol. The molecule has 0 spiro atoms. The SMILES string of the molecule is C[C@@H]1CC(=O)Nc2cccc(-c3ccc(NC(=O)OC(C)(C)C)cc3)c2N1. The van der Waals surface area contributed by atoms with Crippen molar-refractivity contribution in [1.82, 2.24) is 0 Å². The van der Waals surface area contributed by atoms with Gasteiger partial charge in [-0.25, -0.2) is 4.79 Å². The summed E-state index contributed by atoms with van der Waals surface area (Å²) in [5, 5.41) is 9.10. The van der Waals surface area contributed by atoms with E-state index in [0.29, 0.717) is 12.1 Å². The Balaban J connectivity index is 1.83. The van der Waals surface area contributed by atoms with Crippen molar-refractivity contribution >= 4 is 29.1 Å². The Morgan fingerprint density at radius 2 is 1.85 bits per heavy atom. The van der Waals surface area contributed by atoms with Gasteiger partial charge in [0, 0.05) is 23.7 Å². The average molecular weight is 367 g/mol. The Kier molecular flexibility index (Phi) is 5.08. The molecule has 0 unspecified atom stereocenters. The van der Waals surface area contributed by atoms with Crippen molar-refractivity contribution in [2.45, 2.75) is 45.8 Å². The number of fused-ring (bicyclic) bond motifs is 1. The number of anilines is 3. The van der Waals surface area contributed by atoms with Crippen LogP contribution in [0.15, 0.2) is 42.5 Å². The Hall–Kier alpha value is -3.02. The van der Waals surface area contributed by atoms with Crippen molar-refractivity contribution in [1.29, 1.82) is 0 Å². The predicted molar refractivity (Wildman–Crippen MR) is 108 cm³/mol. The molecule has 1 aliphatic rings. The zero-order valence-electron chi connectivity index (χ0n) is 16.1. The van der Waals surface area contributed by atoms with Crippen molar-refractivity contribution in [2.75, 3.05) is 16.0 Å². The van der Waals surface area contributed by atoms with Crippen molar-refractivity contribution in [2.24, 2.45) is 0 Å². The summed E-state index contributed by atoms with van der Waals surface area (Å²) in [6, 6.07) is 13.4. The van der Waals surface area contributed by atoms with Crippen molar-refractivity contribution in [3.8, 4) is 11.1 Å². The van der Waals surface area contributed by atoms with Crippen LogP contribution in [0.1, 0.15) is 34.1 Å². The van der Waals surface area contributed by atoms with Crippen LogP contribution >= 0.6 is 0 Å². The standard InChI is InChI=1S/C21H25N3O3/c1-13-12-18(25)24-17-7-5-6-16(19(17)22-13)14-8-10-15(11-9-14)23-20(26)27-21(2,3)4/h5-11,13,22H,12H2,1-4H3,(H,23,26)(H,24,25)/t13-/m1/s1. The average Bonchev–Trinajstić information content (AvgIpc) is 2.69. The molecule has 6 nitrogen and oxygen atoms in total. The molecule has 3 N–H and O–H groups in total. The summed E-state index contributed by atoms with van der Waals surface area (Å²) < 4.78 is 5.27. The summed E-state index contributed by atoms with van der Waals surface area (Å²) in [6.07, 6.45) is -0.0608. The van der Waals surface area contributed by atoms with E-state index in [0.717, 1.165) is 22.5 Å². The van der Waals surface area contributed by atoms with Crippen LogP contribution in [0.4, 0.5) is 21.9 Å². The number of para-hydroxylation sites is 1. The molecule has 0 fully saturated rings. The minimum Gasteiger partial charge on any atom is -0.444 e. The van der Waals surface area contributed by atoms with Gasteiger partial charge in [-0.05, 0) is 51.5 Å². The summed E-state index contributed by atoms with van der Waals surface area (Å²) >= 11 is 0. The van der Waals surface area contributed by atoms with E-state index in [1.807, 2.05) is 70.2 Å². The molecule has 2 amide bonds. The first-order valence-electron chi connectivity index (χ1n) is 9.01. The van der Waals surface area contributed by atoms with Gasteiger partial charge in [0.2, 0.25) is 5.91 Å². The lowest BCUT2D eigenvalue weighted by molar-refractivity contribution is -0.116. The summed E-state index contributed by atoms with van der Waals surface area (Å²) in [5.41, 5.74) is 3.77. The molecule has 6 heteroatoms. The first-order chi connectivity index (χ1) is 12.7. The number of ether oxygens (including phenoxy) is 1.